The lowest BCUT2D eigenvalue weighted by Crippen LogP contribution is -2.44. The molecule has 0 radical (unpaired) electrons. The zero-order valence-electron chi connectivity index (χ0n) is 18.1. The van der Waals surface area contributed by atoms with Crippen LogP contribution >= 0.6 is 0 Å². The van der Waals surface area contributed by atoms with E-state index >= 15 is 0 Å². The molecular weight excluding hydrogens is 422 g/mol. The van der Waals surface area contributed by atoms with Crippen molar-refractivity contribution in [3.05, 3.63) is 29.8 Å². The number of hydrogen-bond donors (Lipinski definition) is 1. The van der Waals surface area contributed by atoms with Gasteiger partial charge in [-0.25, -0.2) is 12.7 Å². The van der Waals surface area contributed by atoms with Crippen molar-refractivity contribution in [3.63, 3.8) is 0 Å². The summed E-state index contributed by atoms with van der Waals surface area (Å²) in [6, 6.07) is 6.91. The highest BCUT2D eigenvalue weighted by Gasteiger charge is 2.45. The molecule has 0 unspecified atom stereocenters. The molecule has 0 spiro atoms. The predicted octanol–water partition coefficient (Wildman–Crippen LogP) is 0.395. The summed E-state index contributed by atoms with van der Waals surface area (Å²) in [6.45, 7) is 1.28. The van der Waals surface area contributed by atoms with Crippen molar-refractivity contribution in [2.75, 3.05) is 46.2 Å². The van der Waals surface area contributed by atoms with E-state index in [-0.39, 0.29) is 30.8 Å². The summed E-state index contributed by atoms with van der Waals surface area (Å²) < 4.78 is 36.2. The first-order chi connectivity index (χ1) is 14.8. The fourth-order valence-electron chi connectivity index (χ4n) is 4.11. The van der Waals surface area contributed by atoms with Gasteiger partial charge in [-0.2, -0.15) is 0 Å². The minimum absolute atomic E-state index is 0.0736. The number of benzene rings is 1. The van der Waals surface area contributed by atoms with E-state index in [9.17, 15) is 18.0 Å². The number of amides is 2. The quantitative estimate of drug-likeness (QED) is 0.540. The van der Waals surface area contributed by atoms with Gasteiger partial charge in [-0.15, -0.1) is 0 Å². The third kappa shape index (κ3) is 5.96. The summed E-state index contributed by atoms with van der Waals surface area (Å²) in [4.78, 5) is 27.3. The van der Waals surface area contributed by atoms with Crippen LogP contribution in [0.3, 0.4) is 0 Å². The van der Waals surface area contributed by atoms with Crippen LogP contribution in [0.25, 0.3) is 0 Å². The molecule has 10 heteroatoms. The summed E-state index contributed by atoms with van der Waals surface area (Å²) in [5.41, 5.74) is 1.04. The molecule has 1 aromatic carbocycles. The summed E-state index contributed by atoms with van der Waals surface area (Å²) in [7, 11) is -0.475. The zero-order chi connectivity index (χ0) is 22.4. The highest BCUT2D eigenvalue weighted by atomic mass is 32.2. The maximum Gasteiger partial charge on any atom is 0.253 e. The fraction of sp³-hybridized carbons (Fsp3) is 0.619. The molecule has 2 fully saturated rings. The molecule has 0 aromatic heterocycles. The average Bonchev–Trinajstić information content (AvgIpc) is 3.13. The minimum Gasteiger partial charge on any atom is -0.497 e. The molecule has 1 N–H and O–H groups in total. The Kier molecular flexibility index (Phi) is 7.90. The van der Waals surface area contributed by atoms with Gasteiger partial charge in [0.1, 0.15) is 5.75 Å². The second-order valence-electron chi connectivity index (χ2n) is 7.93. The minimum atomic E-state index is -3.63. The van der Waals surface area contributed by atoms with Gasteiger partial charge in [-0.1, -0.05) is 12.1 Å². The lowest BCUT2D eigenvalue weighted by Gasteiger charge is -2.23. The Bertz CT molecular complexity index is 874. The number of ether oxygens (including phenoxy) is 2. The second-order valence-corrected chi connectivity index (χ2v) is 9.94. The Morgan fingerprint density at radius 1 is 1.23 bits per heavy atom. The number of rotatable bonds is 9. The SMILES string of the molecule is COCCCN1C(=O)[C@@H]2C[C@H](NC(=O)CCc3ccc(OC)cc3)CN2CCS1(=O)=O. The van der Waals surface area contributed by atoms with Crippen LogP contribution in [0, 0.1) is 0 Å². The second kappa shape index (κ2) is 10.4. The first-order valence-electron chi connectivity index (χ1n) is 10.5. The maximum absolute atomic E-state index is 13.0. The van der Waals surface area contributed by atoms with Crippen LogP contribution in [-0.4, -0.2) is 87.7 Å². The number of carbonyl (C=O) groups excluding carboxylic acids is 2. The van der Waals surface area contributed by atoms with Gasteiger partial charge in [0.05, 0.1) is 18.9 Å². The molecule has 0 bridgehead atoms. The van der Waals surface area contributed by atoms with E-state index in [2.05, 4.69) is 5.32 Å². The van der Waals surface area contributed by atoms with E-state index in [1.807, 2.05) is 29.2 Å². The van der Waals surface area contributed by atoms with Crippen LogP contribution in [0.15, 0.2) is 24.3 Å². The van der Waals surface area contributed by atoms with Crippen molar-refractivity contribution in [1.82, 2.24) is 14.5 Å². The largest absolute Gasteiger partial charge is 0.497 e. The summed E-state index contributed by atoms with van der Waals surface area (Å²) in [5, 5.41) is 3.01. The molecule has 2 aliphatic heterocycles. The molecule has 1 aromatic rings. The third-order valence-corrected chi connectivity index (χ3v) is 7.51. The Morgan fingerprint density at radius 3 is 2.65 bits per heavy atom. The van der Waals surface area contributed by atoms with Crippen LogP contribution < -0.4 is 10.1 Å². The number of hydrogen-bond acceptors (Lipinski definition) is 7. The molecule has 2 atom stereocenters. The van der Waals surface area contributed by atoms with Crippen LogP contribution in [-0.2, 0) is 30.8 Å². The molecular formula is C21H31N3O6S. The molecule has 2 saturated heterocycles. The van der Waals surface area contributed by atoms with Gasteiger partial charge in [0.15, 0.2) is 0 Å². The van der Waals surface area contributed by atoms with Crippen molar-refractivity contribution >= 4 is 21.8 Å². The molecule has 31 heavy (non-hydrogen) atoms. The number of nitrogens with one attached hydrogen (secondary N) is 1. The average molecular weight is 454 g/mol. The molecule has 172 valence electrons. The van der Waals surface area contributed by atoms with Gasteiger partial charge in [0, 0.05) is 45.8 Å². The normalized spacial score (nSPS) is 23.3. The van der Waals surface area contributed by atoms with Crippen LogP contribution in [0.2, 0.25) is 0 Å². The fourth-order valence-corrected chi connectivity index (χ4v) is 5.60. The zero-order valence-corrected chi connectivity index (χ0v) is 18.9. The van der Waals surface area contributed by atoms with Crippen molar-refractivity contribution < 1.29 is 27.5 Å². The van der Waals surface area contributed by atoms with Crippen LogP contribution in [0.4, 0.5) is 0 Å². The smallest absolute Gasteiger partial charge is 0.253 e. The van der Waals surface area contributed by atoms with Gasteiger partial charge < -0.3 is 14.8 Å². The van der Waals surface area contributed by atoms with Crippen molar-refractivity contribution in [2.45, 2.75) is 37.8 Å². The van der Waals surface area contributed by atoms with Crippen LogP contribution in [0.5, 0.6) is 5.75 Å². The van der Waals surface area contributed by atoms with Gasteiger partial charge >= 0.3 is 0 Å². The molecule has 3 rings (SSSR count). The third-order valence-electron chi connectivity index (χ3n) is 5.78. The lowest BCUT2D eigenvalue weighted by molar-refractivity contribution is -0.130. The number of aryl methyl sites for hydroxylation is 1. The molecule has 9 nitrogen and oxygen atoms in total. The highest BCUT2D eigenvalue weighted by molar-refractivity contribution is 7.89. The number of methoxy groups -OCH3 is 2. The van der Waals surface area contributed by atoms with Crippen molar-refractivity contribution in [1.29, 1.82) is 0 Å². The number of sulfonamides is 1. The summed E-state index contributed by atoms with van der Waals surface area (Å²) in [5.74, 6) is 0.203. The summed E-state index contributed by atoms with van der Waals surface area (Å²) in [6.07, 6.45) is 1.84. The van der Waals surface area contributed by atoms with E-state index < -0.39 is 22.0 Å². The number of carbonyl (C=O) groups is 2. The first kappa shape index (κ1) is 23.5. The van der Waals surface area contributed by atoms with Crippen molar-refractivity contribution in [3.8, 4) is 5.75 Å². The molecule has 0 saturated carbocycles. The Hall–Kier alpha value is -2.17. The Labute approximate surface area is 183 Å². The standard InChI is InChI=1S/C21H31N3O6S/c1-29-12-3-10-24-21(26)19-14-17(15-23(19)11-13-31(24,27)28)22-20(25)9-6-16-4-7-18(30-2)8-5-16/h4-5,7-8,17,19H,3,6,9-15H2,1-2H3,(H,22,25)/t17-,19-/m0/s1. The van der Waals surface area contributed by atoms with Gasteiger partial charge in [-0.05, 0) is 37.0 Å². The molecule has 2 amide bonds. The van der Waals surface area contributed by atoms with E-state index in [0.29, 0.717) is 38.8 Å². The predicted molar refractivity (Wildman–Crippen MR) is 115 cm³/mol. The van der Waals surface area contributed by atoms with Gasteiger partial charge in [0.25, 0.3) is 5.91 Å². The lowest BCUT2D eigenvalue weighted by atomic mass is 10.1. The topological polar surface area (TPSA) is 105 Å². The maximum atomic E-state index is 13.0. The van der Waals surface area contributed by atoms with E-state index in [1.54, 1.807) is 14.2 Å². The van der Waals surface area contributed by atoms with E-state index in [4.69, 9.17) is 9.47 Å². The molecule has 0 aliphatic carbocycles. The Balaban J connectivity index is 1.54. The number of nitrogens with zero attached hydrogens (tertiary/aromatic N) is 2. The van der Waals surface area contributed by atoms with Gasteiger partial charge in [-0.3, -0.25) is 14.5 Å². The van der Waals surface area contributed by atoms with Crippen molar-refractivity contribution in [2.24, 2.45) is 0 Å². The number of fused-ring (bicyclic) bond motifs is 1. The monoisotopic (exact) mass is 453 g/mol. The Morgan fingerprint density at radius 2 is 1.97 bits per heavy atom. The molecule has 2 heterocycles. The molecule has 2 aliphatic rings. The van der Waals surface area contributed by atoms with E-state index in [0.717, 1.165) is 15.6 Å². The van der Waals surface area contributed by atoms with E-state index in [1.165, 1.54) is 0 Å². The highest BCUT2D eigenvalue weighted by Crippen LogP contribution is 2.25. The first-order valence-corrected chi connectivity index (χ1v) is 12.1. The summed E-state index contributed by atoms with van der Waals surface area (Å²) >= 11 is 0. The van der Waals surface area contributed by atoms with Gasteiger partial charge in [0.2, 0.25) is 15.9 Å². The van der Waals surface area contributed by atoms with Crippen LogP contribution in [0.1, 0.15) is 24.8 Å².